The van der Waals surface area contributed by atoms with Crippen LogP contribution >= 0.6 is 0 Å². The van der Waals surface area contributed by atoms with Crippen molar-refractivity contribution in [1.82, 2.24) is 0 Å². The zero-order chi connectivity index (χ0) is 27.8. The van der Waals surface area contributed by atoms with E-state index < -0.39 is 60.8 Å². The molecule has 0 aromatic rings. The molecule has 5 nitrogen and oxygen atoms in total. The van der Waals surface area contributed by atoms with E-state index in [9.17, 15) is 70.7 Å². The Bertz CT molecular complexity index is 717. The third-order valence-electron chi connectivity index (χ3n) is 3.81. The van der Waals surface area contributed by atoms with Gasteiger partial charge in [0.25, 0.3) is 0 Å². The Balaban J connectivity index is 5.57. The standard InChI is InChI=1S/C14H13F15O5/c1-4-7(2,3)6(30)31-5-32-14(28,29)34-13(26,27)12(24,25)33-11(22,23)9(17,18)8(15,16)10(19,20)21/h4-5H2,1-3H3. The van der Waals surface area contributed by atoms with E-state index in [1.54, 1.807) is 0 Å². The number of carbonyl (C=O) groups excluding carboxylic acids is 1. The highest BCUT2D eigenvalue weighted by molar-refractivity contribution is 5.75. The van der Waals surface area contributed by atoms with Crippen LogP contribution < -0.4 is 0 Å². The first-order valence-corrected chi connectivity index (χ1v) is 8.15. The molecule has 0 rings (SSSR count). The van der Waals surface area contributed by atoms with E-state index >= 15 is 0 Å². The summed E-state index contributed by atoms with van der Waals surface area (Å²) in [5.74, 6) is -17.1. The van der Waals surface area contributed by atoms with E-state index in [-0.39, 0.29) is 6.42 Å². The monoisotopic (exact) mass is 546 g/mol. The van der Waals surface area contributed by atoms with Crippen LogP contribution in [-0.4, -0.2) is 55.4 Å². The summed E-state index contributed by atoms with van der Waals surface area (Å²) < 4.78 is 203. The van der Waals surface area contributed by atoms with Crippen LogP contribution in [0.3, 0.4) is 0 Å². The lowest BCUT2D eigenvalue weighted by molar-refractivity contribution is -0.564. The zero-order valence-corrected chi connectivity index (χ0v) is 16.6. The van der Waals surface area contributed by atoms with Crippen LogP contribution in [0.15, 0.2) is 0 Å². The summed E-state index contributed by atoms with van der Waals surface area (Å²) in [4.78, 5) is 11.5. The normalized spacial score (nSPS) is 15.5. The fraction of sp³-hybridized carbons (Fsp3) is 0.929. The smallest absolute Gasteiger partial charge is 0.438 e. The predicted molar refractivity (Wildman–Crippen MR) is 74.0 cm³/mol. The Labute approximate surface area is 179 Å². The highest BCUT2D eigenvalue weighted by atomic mass is 19.4. The van der Waals surface area contributed by atoms with Crippen molar-refractivity contribution in [3.63, 3.8) is 0 Å². The number of esters is 1. The molecule has 0 bridgehead atoms. The van der Waals surface area contributed by atoms with Crippen molar-refractivity contribution in [1.29, 1.82) is 0 Å². The highest BCUT2D eigenvalue weighted by Gasteiger charge is 2.85. The number of carbonyl (C=O) groups is 1. The molecular formula is C14H13F15O5. The van der Waals surface area contributed by atoms with Crippen molar-refractivity contribution in [2.24, 2.45) is 5.41 Å². The third kappa shape index (κ3) is 6.70. The summed E-state index contributed by atoms with van der Waals surface area (Å²) >= 11 is 0. The molecule has 0 aliphatic rings. The molecule has 0 fully saturated rings. The molecule has 0 spiro atoms. The largest absolute Gasteiger partial charge is 0.493 e. The summed E-state index contributed by atoms with van der Waals surface area (Å²) in [5.41, 5.74) is -1.35. The molecule has 0 unspecified atom stereocenters. The van der Waals surface area contributed by atoms with Crippen LogP contribution in [0, 0.1) is 5.41 Å². The van der Waals surface area contributed by atoms with E-state index in [0.29, 0.717) is 0 Å². The van der Waals surface area contributed by atoms with Crippen LogP contribution in [0.1, 0.15) is 27.2 Å². The van der Waals surface area contributed by atoms with E-state index in [2.05, 4.69) is 14.2 Å². The summed E-state index contributed by atoms with van der Waals surface area (Å²) in [6.45, 7) is 1.83. The van der Waals surface area contributed by atoms with E-state index in [4.69, 9.17) is 0 Å². The maximum atomic E-state index is 13.2. The van der Waals surface area contributed by atoms with Gasteiger partial charge in [-0.3, -0.25) is 9.53 Å². The predicted octanol–water partition coefficient (Wildman–Crippen LogP) is 6.13. The van der Waals surface area contributed by atoms with Gasteiger partial charge in [0.05, 0.1) is 5.41 Å². The summed E-state index contributed by atoms with van der Waals surface area (Å²) in [6.07, 6.45) is -35.7. The van der Waals surface area contributed by atoms with Crippen molar-refractivity contribution in [3.05, 3.63) is 0 Å². The SMILES string of the molecule is CCC(C)(C)C(=O)OCOC(F)(F)OC(F)(F)C(F)(F)OC(F)(F)C(F)(F)C(F)(F)C(F)(F)F. The van der Waals surface area contributed by atoms with Gasteiger partial charge in [-0.15, -0.1) is 8.78 Å². The van der Waals surface area contributed by atoms with Crippen LogP contribution in [0.5, 0.6) is 0 Å². The van der Waals surface area contributed by atoms with Gasteiger partial charge in [0, 0.05) is 0 Å². The maximum absolute atomic E-state index is 13.2. The van der Waals surface area contributed by atoms with Crippen molar-refractivity contribution < 1.29 is 89.6 Å². The quantitative estimate of drug-likeness (QED) is 0.168. The Hall–Kier alpha value is -1.70. The number of hydrogen-bond donors (Lipinski definition) is 0. The Morgan fingerprint density at radius 1 is 0.647 bits per heavy atom. The van der Waals surface area contributed by atoms with Crippen LogP contribution in [0.25, 0.3) is 0 Å². The van der Waals surface area contributed by atoms with Crippen molar-refractivity contribution in [2.45, 2.75) is 69.8 Å². The number of alkyl halides is 15. The second-order valence-corrected chi connectivity index (χ2v) is 6.80. The van der Waals surface area contributed by atoms with Crippen molar-refractivity contribution in [3.8, 4) is 0 Å². The number of halogens is 15. The minimum absolute atomic E-state index is 0.0343. The van der Waals surface area contributed by atoms with Gasteiger partial charge in [-0.1, -0.05) is 6.92 Å². The summed E-state index contributed by atoms with van der Waals surface area (Å²) in [7, 11) is 0. The van der Waals surface area contributed by atoms with Gasteiger partial charge < -0.3 is 4.74 Å². The zero-order valence-electron chi connectivity index (χ0n) is 16.6. The lowest BCUT2D eigenvalue weighted by Crippen LogP contribution is -2.64. The van der Waals surface area contributed by atoms with Crippen LogP contribution in [0.2, 0.25) is 0 Å². The molecule has 0 aromatic carbocycles. The molecule has 0 saturated heterocycles. The summed E-state index contributed by atoms with van der Waals surface area (Å²) in [6, 6.07) is 0. The lowest BCUT2D eigenvalue weighted by atomic mass is 9.91. The first-order chi connectivity index (χ1) is 14.6. The first-order valence-electron chi connectivity index (χ1n) is 8.15. The molecule has 0 N–H and O–H groups in total. The lowest BCUT2D eigenvalue weighted by Gasteiger charge is -2.36. The van der Waals surface area contributed by atoms with E-state index in [1.807, 2.05) is 0 Å². The molecule has 0 atom stereocenters. The van der Waals surface area contributed by atoms with Gasteiger partial charge in [0.2, 0.25) is 6.79 Å². The van der Waals surface area contributed by atoms with E-state index in [1.165, 1.54) is 25.5 Å². The molecule has 0 aliphatic heterocycles. The molecule has 0 amide bonds. The molecule has 0 heterocycles. The van der Waals surface area contributed by atoms with Gasteiger partial charge in [0.15, 0.2) is 0 Å². The number of rotatable bonds is 12. The first kappa shape index (κ1) is 32.3. The molecule has 204 valence electrons. The molecule has 0 saturated carbocycles. The Kier molecular flexibility index (Phi) is 8.93. The average Bonchev–Trinajstić information content (AvgIpc) is 2.57. The van der Waals surface area contributed by atoms with Gasteiger partial charge >= 0.3 is 48.6 Å². The van der Waals surface area contributed by atoms with Crippen molar-refractivity contribution >= 4 is 5.97 Å². The molecular weight excluding hydrogens is 533 g/mol. The van der Waals surface area contributed by atoms with Gasteiger partial charge in [-0.2, -0.15) is 57.1 Å². The second-order valence-electron chi connectivity index (χ2n) is 6.80. The third-order valence-corrected chi connectivity index (χ3v) is 3.81. The van der Waals surface area contributed by atoms with E-state index in [0.717, 1.165) is 0 Å². The van der Waals surface area contributed by atoms with Gasteiger partial charge in [0.1, 0.15) is 0 Å². The molecule has 0 aromatic heterocycles. The highest BCUT2D eigenvalue weighted by Crippen LogP contribution is 2.55. The number of ether oxygens (including phenoxy) is 4. The van der Waals surface area contributed by atoms with Crippen LogP contribution in [-0.2, 0) is 23.7 Å². The van der Waals surface area contributed by atoms with Crippen LogP contribution in [0.4, 0.5) is 65.9 Å². The molecule has 0 aliphatic carbocycles. The minimum Gasteiger partial charge on any atom is -0.438 e. The minimum atomic E-state index is -7.95. The molecule has 34 heavy (non-hydrogen) atoms. The summed E-state index contributed by atoms with van der Waals surface area (Å²) in [5, 5.41) is 0. The topological polar surface area (TPSA) is 54.0 Å². The Morgan fingerprint density at radius 3 is 1.44 bits per heavy atom. The second kappa shape index (κ2) is 9.40. The molecule has 0 radical (unpaired) electrons. The number of hydrogen-bond acceptors (Lipinski definition) is 5. The maximum Gasteiger partial charge on any atom is 0.493 e. The molecule has 20 heteroatoms. The van der Waals surface area contributed by atoms with Crippen molar-refractivity contribution in [2.75, 3.05) is 6.79 Å². The fourth-order valence-electron chi connectivity index (χ4n) is 1.37. The Morgan fingerprint density at radius 2 is 1.06 bits per heavy atom. The van der Waals surface area contributed by atoms with Gasteiger partial charge in [-0.05, 0) is 20.3 Å². The fourth-order valence-corrected chi connectivity index (χ4v) is 1.37. The average molecular weight is 546 g/mol. The van der Waals surface area contributed by atoms with Gasteiger partial charge in [-0.25, -0.2) is 9.47 Å².